The van der Waals surface area contributed by atoms with E-state index in [0.717, 1.165) is 11.1 Å². The minimum absolute atomic E-state index is 0.149. The first-order valence-corrected chi connectivity index (χ1v) is 7.61. The van der Waals surface area contributed by atoms with Crippen LogP contribution in [0.3, 0.4) is 0 Å². The third kappa shape index (κ3) is 1.91. The number of rotatable bonds is 2. The SMILES string of the molecule is C=C(C)[C@H]1Cc2c(cc(O)c3c(=O)c4cccc(OC)c4oc23)O1. The van der Waals surface area contributed by atoms with Crippen LogP contribution in [0.4, 0.5) is 0 Å². The fraction of sp³-hybridized carbons (Fsp3) is 0.211. The van der Waals surface area contributed by atoms with E-state index in [0.29, 0.717) is 34.5 Å². The van der Waals surface area contributed by atoms with Gasteiger partial charge < -0.3 is 19.0 Å². The van der Waals surface area contributed by atoms with Gasteiger partial charge in [0.1, 0.15) is 28.6 Å². The molecule has 0 unspecified atom stereocenters. The number of aromatic hydroxyl groups is 1. The average molecular weight is 324 g/mol. The highest BCUT2D eigenvalue weighted by Gasteiger charge is 2.29. The van der Waals surface area contributed by atoms with Gasteiger partial charge >= 0.3 is 0 Å². The Morgan fingerprint density at radius 1 is 1.38 bits per heavy atom. The molecule has 0 radical (unpaired) electrons. The van der Waals surface area contributed by atoms with Gasteiger partial charge in [-0.3, -0.25) is 4.79 Å². The third-order valence-corrected chi connectivity index (χ3v) is 4.41. The van der Waals surface area contributed by atoms with E-state index in [1.807, 2.05) is 6.92 Å². The molecule has 2 heterocycles. The van der Waals surface area contributed by atoms with E-state index >= 15 is 0 Å². The summed E-state index contributed by atoms with van der Waals surface area (Å²) in [5.74, 6) is 0.842. The zero-order valence-corrected chi connectivity index (χ0v) is 13.4. The number of para-hydroxylation sites is 1. The number of phenolic OH excluding ortho intramolecular Hbond substituents is 1. The molecule has 5 nitrogen and oxygen atoms in total. The summed E-state index contributed by atoms with van der Waals surface area (Å²) in [4.78, 5) is 12.9. The van der Waals surface area contributed by atoms with E-state index in [1.165, 1.54) is 13.2 Å². The zero-order chi connectivity index (χ0) is 17.0. The van der Waals surface area contributed by atoms with Crippen LogP contribution in [0.15, 0.2) is 45.6 Å². The van der Waals surface area contributed by atoms with E-state index in [1.54, 1.807) is 18.2 Å². The molecule has 122 valence electrons. The Morgan fingerprint density at radius 3 is 2.88 bits per heavy atom. The van der Waals surface area contributed by atoms with Crippen molar-refractivity contribution in [3.05, 3.63) is 52.2 Å². The molecule has 0 spiro atoms. The summed E-state index contributed by atoms with van der Waals surface area (Å²) < 4.78 is 17.1. The van der Waals surface area contributed by atoms with Gasteiger partial charge in [0.05, 0.1) is 12.5 Å². The Hall–Kier alpha value is -2.95. The molecule has 0 aliphatic carbocycles. The predicted octanol–water partition coefficient (Wildman–Crippen LogP) is 3.54. The van der Waals surface area contributed by atoms with Crippen LogP contribution in [-0.4, -0.2) is 18.3 Å². The van der Waals surface area contributed by atoms with Gasteiger partial charge in [-0.2, -0.15) is 0 Å². The van der Waals surface area contributed by atoms with Gasteiger partial charge in [0.15, 0.2) is 11.3 Å². The Balaban J connectivity index is 2.13. The lowest BCUT2D eigenvalue weighted by Gasteiger charge is -2.09. The Labute approximate surface area is 137 Å². The quantitative estimate of drug-likeness (QED) is 0.577. The molecule has 1 N–H and O–H groups in total. The summed E-state index contributed by atoms with van der Waals surface area (Å²) in [7, 11) is 1.52. The number of hydrogen-bond acceptors (Lipinski definition) is 5. The van der Waals surface area contributed by atoms with Crippen LogP contribution in [0.5, 0.6) is 17.2 Å². The molecule has 1 atom stereocenters. The zero-order valence-electron chi connectivity index (χ0n) is 13.4. The van der Waals surface area contributed by atoms with Crippen molar-refractivity contribution in [2.24, 2.45) is 0 Å². The van der Waals surface area contributed by atoms with Crippen molar-refractivity contribution in [2.45, 2.75) is 19.4 Å². The molecular formula is C19H16O5. The molecule has 24 heavy (non-hydrogen) atoms. The van der Waals surface area contributed by atoms with Gasteiger partial charge in [0, 0.05) is 18.1 Å². The molecule has 5 heteroatoms. The largest absolute Gasteiger partial charge is 0.507 e. The molecule has 0 bridgehead atoms. The van der Waals surface area contributed by atoms with Crippen molar-refractivity contribution in [2.75, 3.05) is 7.11 Å². The summed E-state index contributed by atoms with van der Waals surface area (Å²) in [6, 6.07) is 6.58. The maximum Gasteiger partial charge on any atom is 0.204 e. The second-order valence-corrected chi connectivity index (χ2v) is 6.00. The fourth-order valence-electron chi connectivity index (χ4n) is 3.15. The topological polar surface area (TPSA) is 68.9 Å². The lowest BCUT2D eigenvalue weighted by Crippen LogP contribution is -2.13. The molecule has 3 aromatic rings. The maximum absolute atomic E-state index is 12.9. The van der Waals surface area contributed by atoms with E-state index in [2.05, 4.69) is 6.58 Å². The molecule has 1 aliphatic heterocycles. The molecular weight excluding hydrogens is 308 g/mol. The Kier molecular flexibility index (Phi) is 3.06. The van der Waals surface area contributed by atoms with Gasteiger partial charge in [-0.1, -0.05) is 12.6 Å². The van der Waals surface area contributed by atoms with Gasteiger partial charge in [-0.05, 0) is 24.6 Å². The monoisotopic (exact) mass is 324 g/mol. The standard InChI is InChI=1S/C19H16O5/c1-9(2)14-7-11-15(23-14)8-12(20)16-17(21)10-5-4-6-13(22-3)18(10)24-19(11)16/h4-6,8,14,20H,1,7H2,2-3H3/t14-/m1/s1. The second-order valence-electron chi connectivity index (χ2n) is 6.00. The van der Waals surface area contributed by atoms with E-state index in [9.17, 15) is 9.90 Å². The molecule has 0 fully saturated rings. The average Bonchev–Trinajstić information content (AvgIpc) is 2.98. The lowest BCUT2D eigenvalue weighted by molar-refractivity contribution is 0.270. The predicted molar refractivity (Wildman–Crippen MR) is 91.1 cm³/mol. The van der Waals surface area contributed by atoms with Crippen LogP contribution < -0.4 is 14.9 Å². The number of ether oxygens (including phenoxy) is 2. The number of fused-ring (bicyclic) bond motifs is 4. The summed E-state index contributed by atoms with van der Waals surface area (Å²) >= 11 is 0. The molecule has 2 aromatic carbocycles. The second kappa shape index (κ2) is 5.03. The highest BCUT2D eigenvalue weighted by Crippen LogP contribution is 2.41. The van der Waals surface area contributed by atoms with Crippen molar-refractivity contribution >= 4 is 21.9 Å². The van der Waals surface area contributed by atoms with Crippen molar-refractivity contribution in [1.82, 2.24) is 0 Å². The van der Waals surface area contributed by atoms with Gasteiger partial charge in [0.25, 0.3) is 0 Å². The van der Waals surface area contributed by atoms with Gasteiger partial charge in [0.2, 0.25) is 5.43 Å². The summed E-state index contributed by atoms with van der Waals surface area (Å²) in [5.41, 5.74) is 2.06. The molecule has 4 rings (SSSR count). The van der Waals surface area contributed by atoms with E-state index in [-0.39, 0.29) is 22.7 Å². The number of hydrogen-bond donors (Lipinski definition) is 1. The third-order valence-electron chi connectivity index (χ3n) is 4.41. The highest BCUT2D eigenvalue weighted by molar-refractivity contribution is 5.97. The lowest BCUT2D eigenvalue weighted by atomic mass is 10.0. The van der Waals surface area contributed by atoms with Crippen molar-refractivity contribution in [1.29, 1.82) is 0 Å². The van der Waals surface area contributed by atoms with E-state index < -0.39 is 0 Å². The van der Waals surface area contributed by atoms with Crippen LogP contribution in [0.25, 0.3) is 21.9 Å². The van der Waals surface area contributed by atoms with Crippen molar-refractivity contribution < 1.29 is 19.0 Å². The first kappa shape index (κ1) is 14.6. The minimum Gasteiger partial charge on any atom is -0.507 e. The van der Waals surface area contributed by atoms with Gasteiger partial charge in [-0.15, -0.1) is 0 Å². The van der Waals surface area contributed by atoms with Crippen LogP contribution in [0.2, 0.25) is 0 Å². The molecule has 0 amide bonds. The first-order valence-electron chi connectivity index (χ1n) is 7.61. The van der Waals surface area contributed by atoms with Crippen LogP contribution in [-0.2, 0) is 6.42 Å². The summed E-state index contributed by atoms with van der Waals surface area (Å²) in [6.45, 7) is 5.80. The Bertz CT molecular complexity index is 1060. The van der Waals surface area contributed by atoms with Crippen LogP contribution >= 0.6 is 0 Å². The number of benzene rings is 2. The molecule has 1 aromatic heterocycles. The minimum atomic E-state index is -0.288. The van der Waals surface area contributed by atoms with Crippen molar-refractivity contribution in [3.8, 4) is 17.2 Å². The first-order chi connectivity index (χ1) is 11.5. The maximum atomic E-state index is 12.9. The van der Waals surface area contributed by atoms with E-state index in [4.69, 9.17) is 13.9 Å². The normalized spacial score (nSPS) is 16.2. The summed E-state index contributed by atoms with van der Waals surface area (Å²) in [5, 5.41) is 10.9. The Morgan fingerprint density at radius 2 is 2.17 bits per heavy atom. The number of phenols is 1. The molecule has 0 saturated carbocycles. The smallest absolute Gasteiger partial charge is 0.204 e. The molecule has 0 saturated heterocycles. The summed E-state index contributed by atoms with van der Waals surface area (Å²) in [6.07, 6.45) is 0.356. The molecule has 1 aliphatic rings. The van der Waals surface area contributed by atoms with Crippen LogP contribution in [0, 0.1) is 0 Å². The van der Waals surface area contributed by atoms with Crippen molar-refractivity contribution in [3.63, 3.8) is 0 Å². The van der Waals surface area contributed by atoms with Gasteiger partial charge in [-0.25, -0.2) is 0 Å². The fourth-order valence-corrected chi connectivity index (χ4v) is 3.15. The number of methoxy groups -OCH3 is 1. The highest BCUT2D eigenvalue weighted by atomic mass is 16.5. The van der Waals surface area contributed by atoms with Crippen LogP contribution in [0.1, 0.15) is 12.5 Å².